The zero-order chi connectivity index (χ0) is 22.0. The van der Waals surface area contributed by atoms with Crippen LogP contribution in [0.15, 0.2) is 12.3 Å². The monoisotopic (exact) mass is 433 g/mol. The Bertz CT molecular complexity index is 925. The minimum Gasteiger partial charge on any atom is -0.297 e. The maximum atomic E-state index is 13.6. The molecule has 9 unspecified atom stereocenters. The summed E-state index contributed by atoms with van der Waals surface area (Å²) in [7, 11) is 0. The summed E-state index contributed by atoms with van der Waals surface area (Å²) in [4.78, 5) is 13.6. The molecule has 5 aliphatic rings. The van der Waals surface area contributed by atoms with Crippen molar-refractivity contribution in [2.75, 3.05) is 0 Å². The van der Waals surface area contributed by atoms with Gasteiger partial charge < -0.3 is 0 Å². The third-order valence-corrected chi connectivity index (χ3v) is 11.0. The highest BCUT2D eigenvalue weighted by Crippen LogP contribution is 2.69. The van der Waals surface area contributed by atoms with E-state index < -0.39 is 0 Å². The van der Waals surface area contributed by atoms with Gasteiger partial charge in [-0.05, 0) is 117 Å². The van der Waals surface area contributed by atoms with Crippen molar-refractivity contribution in [1.82, 2.24) is 9.78 Å². The third-order valence-electron chi connectivity index (χ3n) is 11.0. The summed E-state index contributed by atoms with van der Waals surface area (Å²) in [5, 5.41) is 13.4. The Morgan fingerprint density at radius 2 is 1.84 bits per heavy atom. The van der Waals surface area contributed by atoms with E-state index in [1.54, 1.807) is 16.9 Å². The van der Waals surface area contributed by atoms with Crippen LogP contribution in [0.1, 0.15) is 83.7 Å². The van der Waals surface area contributed by atoms with Gasteiger partial charge >= 0.3 is 0 Å². The first kappa shape index (κ1) is 20.9. The van der Waals surface area contributed by atoms with E-state index in [9.17, 15) is 4.79 Å². The van der Waals surface area contributed by atoms with E-state index in [1.165, 1.54) is 57.8 Å². The number of aromatic nitrogens is 2. The van der Waals surface area contributed by atoms with Gasteiger partial charge in [-0.15, -0.1) is 0 Å². The lowest BCUT2D eigenvalue weighted by molar-refractivity contribution is -0.131. The molecule has 0 saturated heterocycles. The van der Waals surface area contributed by atoms with Gasteiger partial charge in [0.1, 0.15) is 6.07 Å². The molecule has 0 N–H and O–H groups in total. The Labute approximate surface area is 193 Å². The first-order valence-corrected chi connectivity index (χ1v) is 13.4. The van der Waals surface area contributed by atoms with E-state index >= 15 is 0 Å². The summed E-state index contributed by atoms with van der Waals surface area (Å²) in [6, 6.07) is 3.80. The van der Waals surface area contributed by atoms with Gasteiger partial charge in [-0.3, -0.25) is 9.48 Å². The van der Waals surface area contributed by atoms with Crippen LogP contribution < -0.4 is 0 Å². The lowest BCUT2D eigenvalue weighted by Crippen LogP contribution is -2.50. The molecule has 0 bridgehead atoms. The van der Waals surface area contributed by atoms with E-state index in [4.69, 9.17) is 5.26 Å². The van der Waals surface area contributed by atoms with Gasteiger partial charge in [-0.2, -0.15) is 10.4 Å². The van der Waals surface area contributed by atoms with Gasteiger partial charge in [-0.25, -0.2) is 0 Å². The SMILES string of the molecule is CC1CCC2C(CCC3C2CCC2(C)C(C(=O)Cn4ccc(C#N)n4)CC(C4CC4)C32)C1. The smallest absolute Gasteiger partial charge is 0.162 e. The molecule has 32 heavy (non-hydrogen) atoms. The molecule has 0 spiro atoms. The normalized spacial score (nSPS) is 45.4. The molecule has 9 atom stereocenters. The molecule has 5 fully saturated rings. The van der Waals surface area contributed by atoms with E-state index in [-0.39, 0.29) is 11.3 Å². The Hall–Kier alpha value is -1.63. The van der Waals surface area contributed by atoms with Crippen LogP contribution in [0.4, 0.5) is 0 Å². The first-order chi connectivity index (χ1) is 15.5. The average Bonchev–Trinajstić information content (AvgIpc) is 3.44. The van der Waals surface area contributed by atoms with Crippen molar-refractivity contribution in [2.45, 2.75) is 84.6 Å². The van der Waals surface area contributed by atoms with Crippen LogP contribution in [0.25, 0.3) is 0 Å². The lowest BCUT2D eigenvalue weighted by atomic mass is 9.48. The van der Waals surface area contributed by atoms with Gasteiger partial charge in [0, 0.05) is 12.1 Å². The van der Waals surface area contributed by atoms with E-state index in [0.717, 1.165) is 53.8 Å². The second-order valence-electron chi connectivity index (χ2n) is 12.6. The maximum absolute atomic E-state index is 13.6. The molecule has 172 valence electrons. The molecule has 1 aromatic heterocycles. The quantitative estimate of drug-likeness (QED) is 0.597. The topological polar surface area (TPSA) is 58.7 Å². The van der Waals surface area contributed by atoms with Crippen molar-refractivity contribution in [1.29, 1.82) is 5.26 Å². The van der Waals surface area contributed by atoms with Crippen molar-refractivity contribution < 1.29 is 4.79 Å². The standard InChI is InChI=1S/C28H39N3O/c1-17-3-7-21-19(13-17)6-8-23-22(21)9-11-28(2)25(14-24(27(23)28)18-4-5-18)26(32)16-31-12-10-20(15-29)30-31/h10,12,17-19,21-25,27H,3-9,11,13-14,16H2,1-2H3. The highest BCUT2D eigenvalue weighted by atomic mass is 16.1. The third kappa shape index (κ3) is 3.29. The molecule has 5 aliphatic carbocycles. The number of hydrogen-bond acceptors (Lipinski definition) is 3. The highest BCUT2D eigenvalue weighted by molar-refractivity contribution is 5.82. The van der Waals surface area contributed by atoms with Gasteiger partial charge in [0.05, 0.1) is 6.54 Å². The maximum Gasteiger partial charge on any atom is 0.162 e. The molecule has 4 heteroatoms. The van der Waals surface area contributed by atoms with Crippen LogP contribution in [0, 0.1) is 70.0 Å². The fourth-order valence-corrected chi connectivity index (χ4v) is 9.55. The summed E-state index contributed by atoms with van der Waals surface area (Å²) in [6.45, 7) is 5.30. The van der Waals surface area contributed by atoms with Gasteiger partial charge in [0.15, 0.2) is 11.5 Å². The number of carbonyl (C=O) groups excluding carboxylic acids is 1. The fourth-order valence-electron chi connectivity index (χ4n) is 9.55. The van der Waals surface area contributed by atoms with Crippen LogP contribution >= 0.6 is 0 Å². The number of hydrogen-bond donors (Lipinski definition) is 0. The van der Waals surface area contributed by atoms with Gasteiger partial charge in [0.2, 0.25) is 0 Å². The van der Waals surface area contributed by atoms with Crippen LogP contribution in [0.2, 0.25) is 0 Å². The molecule has 6 rings (SSSR count). The Morgan fingerprint density at radius 3 is 2.59 bits per heavy atom. The number of rotatable bonds is 4. The number of carbonyl (C=O) groups is 1. The predicted octanol–water partition coefficient (Wildman–Crippen LogP) is 5.86. The average molecular weight is 434 g/mol. The summed E-state index contributed by atoms with van der Waals surface area (Å²) >= 11 is 0. The van der Waals surface area contributed by atoms with Gasteiger partial charge in [-0.1, -0.05) is 20.3 Å². The minimum absolute atomic E-state index is 0.172. The second kappa shape index (κ2) is 7.71. The molecule has 1 heterocycles. The Kier molecular flexibility index (Phi) is 5.05. The number of Topliss-reactive ketones (excluding diaryl/α,β-unsaturated/α-hetero) is 1. The molecule has 5 saturated carbocycles. The first-order valence-electron chi connectivity index (χ1n) is 13.4. The molecule has 1 aromatic rings. The fraction of sp³-hybridized carbons (Fsp3) is 0.821. The summed E-state index contributed by atoms with van der Waals surface area (Å²) in [5.41, 5.74) is 0.578. The summed E-state index contributed by atoms with van der Waals surface area (Å²) < 4.78 is 1.70. The molecule has 4 nitrogen and oxygen atoms in total. The number of nitrogens with zero attached hydrogens (tertiary/aromatic N) is 3. The van der Waals surface area contributed by atoms with Crippen molar-refractivity contribution in [3.8, 4) is 6.07 Å². The zero-order valence-corrected chi connectivity index (χ0v) is 19.9. The number of ketones is 1. The van der Waals surface area contributed by atoms with Crippen LogP contribution in [-0.4, -0.2) is 15.6 Å². The highest BCUT2D eigenvalue weighted by Gasteiger charge is 2.63. The van der Waals surface area contributed by atoms with Crippen molar-refractivity contribution in [3.05, 3.63) is 18.0 Å². The molecular formula is C28H39N3O. The summed E-state index contributed by atoms with van der Waals surface area (Å²) in [6.07, 6.45) is 15.6. The Balaban J connectivity index is 1.26. The second-order valence-corrected chi connectivity index (χ2v) is 12.6. The van der Waals surface area contributed by atoms with E-state index in [2.05, 4.69) is 25.0 Å². The van der Waals surface area contributed by atoms with Crippen LogP contribution in [-0.2, 0) is 11.3 Å². The molecular weight excluding hydrogens is 394 g/mol. The predicted molar refractivity (Wildman–Crippen MR) is 123 cm³/mol. The molecule has 0 aromatic carbocycles. The zero-order valence-electron chi connectivity index (χ0n) is 19.9. The van der Waals surface area contributed by atoms with Gasteiger partial charge in [0.25, 0.3) is 0 Å². The molecule has 0 amide bonds. The van der Waals surface area contributed by atoms with Crippen LogP contribution in [0.3, 0.4) is 0 Å². The van der Waals surface area contributed by atoms with Crippen molar-refractivity contribution in [3.63, 3.8) is 0 Å². The lowest BCUT2D eigenvalue weighted by Gasteiger charge is -2.57. The molecule has 0 radical (unpaired) electrons. The number of fused-ring (bicyclic) bond motifs is 5. The van der Waals surface area contributed by atoms with Crippen molar-refractivity contribution >= 4 is 5.78 Å². The van der Waals surface area contributed by atoms with Crippen LogP contribution in [0.5, 0.6) is 0 Å². The summed E-state index contributed by atoms with van der Waals surface area (Å²) in [5.74, 6) is 7.64. The Morgan fingerprint density at radius 1 is 1.06 bits per heavy atom. The minimum atomic E-state index is 0.172. The largest absolute Gasteiger partial charge is 0.297 e. The van der Waals surface area contributed by atoms with Crippen molar-refractivity contribution in [2.24, 2.45) is 58.7 Å². The molecule has 0 aliphatic heterocycles. The van der Waals surface area contributed by atoms with E-state index in [0.29, 0.717) is 18.0 Å². The van der Waals surface area contributed by atoms with E-state index in [1.807, 2.05) is 0 Å². The number of nitriles is 1.